The van der Waals surface area contributed by atoms with Crippen LogP contribution in [0.15, 0.2) is 0 Å². The quantitative estimate of drug-likeness (QED) is 0.566. The molecule has 2 fully saturated rings. The lowest BCUT2D eigenvalue weighted by Gasteiger charge is -2.28. The van der Waals surface area contributed by atoms with Crippen LogP contribution in [0.5, 0.6) is 0 Å². The van der Waals surface area contributed by atoms with E-state index in [0.717, 1.165) is 10.6 Å². The Hall–Kier alpha value is -0.750. The van der Waals surface area contributed by atoms with Crippen molar-refractivity contribution >= 4 is 26.0 Å². The molecule has 0 aromatic heterocycles. The van der Waals surface area contributed by atoms with E-state index in [-0.39, 0.29) is 37.9 Å². The van der Waals surface area contributed by atoms with Gasteiger partial charge in [0.05, 0.1) is 37.3 Å². The van der Waals surface area contributed by atoms with Gasteiger partial charge in [-0.05, 0) is 0 Å². The van der Waals surface area contributed by atoms with E-state index in [2.05, 4.69) is 0 Å². The number of sulfonamides is 2. The zero-order valence-corrected chi connectivity index (χ0v) is 14.4. The van der Waals surface area contributed by atoms with Crippen molar-refractivity contribution in [2.45, 2.75) is 12.1 Å². The van der Waals surface area contributed by atoms with Gasteiger partial charge in [0.25, 0.3) is 0 Å². The van der Waals surface area contributed by atoms with E-state index < -0.39 is 32.2 Å². The predicted molar refractivity (Wildman–Crippen MR) is 79.1 cm³/mol. The molecule has 0 aliphatic carbocycles. The van der Waals surface area contributed by atoms with Crippen LogP contribution in [0, 0.1) is 0 Å². The van der Waals surface area contributed by atoms with Gasteiger partial charge in [-0.1, -0.05) is 0 Å². The fourth-order valence-corrected chi connectivity index (χ4v) is 4.86. The second-order valence-corrected chi connectivity index (χ2v) is 9.73. The van der Waals surface area contributed by atoms with E-state index in [1.54, 1.807) is 0 Å². The molecule has 11 heteroatoms. The largest absolute Gasteiger partial charge is 0.374 e. The van der Waals surface area contributed by atoms with Crippen molar-refractivity contribution in [3.05, 3.63) is 0 Å². The van der Waals surface area contributed by atoms with E-state index in [1.165, 1.54) is 23.3 Å². The fourth-order valence-electron chi connectivity index (χ4n) is 2.55. The van der Waals surface area contributed by atoms with Gasteiger partial charge < -0.3 is 9.64 Å². The van der Waals surface area contributed by atoms with Crippen LogP contribution >= 0.6 is 0 Å². The van der Waals surface area contributed by atoms with Crippen LogP contribution in [0.2, 0.25) is 0 Å². The smallest absolute Gasteiger partial charge is 0.237 e. The van der Waals surface area contributed by atoms with Crippen molar-refractivity contribution in [1.82, 2.24) is 13.5 Å². The molecule has 2 rings (SSSR count). The van der Waals surface area contributed by atoms with Gasteiger partial charge in [-0.3, -0.25) is 4.79 Å². The number of carbonyl (C=O) groups excluding carboxylic acids is 1. The Morgan fingerprint density at radius 2 is 1.95 bits per heavy atom. The molecule has 22 heavy (non-hydrogen) atoms. The lowest BCUT2D eigenvalue weighted by molar-refractivity contribution is -0.129. The molecular formula is C11H21N3O6S2. The van der Waals surface area contributed by atoms with Crippen molar-refractivity contribution in [2.75, 3.05) is 52.3 Å². The first kappa shape index (κ1) is 17.6. The average molecular weight is 355 g/mol. The van der Waals surface area contributed by atoms with Gasteiger partial charge in [-0.2, -0.15) is 8.61 Å². The molecule has 0 unspecified atom stereocenters. The molecule has 2 aliphatic rings. The number of rotatable bonds is 3. The van der Waals surface area contributed by atoms with Crippen LogP contribution in [-0.2, 0) is 29.6 Å². The highest BCUT2D eigenvalue weighted by Crippen LogP contribution is 2.26. The summed E-state index contributed by atoms with van der Waals surface area (Å²) in [6, 6.07) is -0.675. The van der Waals surface area contributed by atoms with Crippen LogP contribution in [0.4, 0.5) is 0 Å². The maximum atomic E-state index is 12.4. The van der Waals surface area contributed by atoms with Gasteiger partial charge >= 0.3 is 0 Å². The monoisotopic (exact) mass is 355 g/mol. The van der Waals surface area contributed by atoms with Gasteiger partial charge in [0.15, 0.2) is 0 Å². The summed E-state index contributed by atoms with van der Waals surface area (Å²) in [5.74, 6) is -0.568. The lowest BCUT2D eigenvalue weighted by Crippen LogP contribution is -2.50. The third-order valence-corrected chi connectivity index (χ3v) is 6.90. The summed E-state index contributed by atoms with van der Waals surface area (Å²) in [5, 5.41) is 0. The molecule has 2 atom stereocenters. The highest BCUT2D eigenvalue weighted by Gasteiger charge is 2.47. The Kier molecular flexibility index (Phi) is 4.83. The molecule has 1 amide bonds. The topological polar surface area (TPSA) is 104 Å². The summed E-state index contributed by atoms with van der Waals surface area (Å²) in [7, 11) is -4.03. The number of hydrogen-bond acceptors (Lipinski definition) is 6. The second kappa shape index (κ2) is 6.04. The molecule has 0 aromatic rings. The van der Waals surface area contributed by atoms with E-state index in [4.69, 9.17) is 4.74 Å². The molecule has 0 radical (unpaired) electrons. The molecule has 0 spiro atoms. The standard InChI is InChI=1S/C11H21N3O6S2/c1-12(2)11(15)8-14-9-6-13(21(3,16)17)7-10(9)20-4-5-22(14,18)19/h9-10H,4-8H2,1-3H3/t9-,10+/m1/s1. The van der Waals surface area contributed by atoms with E-state index in [0.29, 0.717) is 0 Å². The predicted octanol–water partition coefficient (Wildman–Crippen LogP) is -2.25. The first-order valence-corrected chi connectivity index (χ1v) is 10.2. The van der Waals surface area contributed by atoms with Crippen LogP contribution in [0.25, 0.3) is 0 Å². The average Bonchev–Trinajstić information content (AvgIpc) is 2.74. The van der Waals surface area contributed by atoms with Gasteiger partial charge in [0, 0.05) is 27.2 Å². The summed E-state index contributed by atoms with van der Waals surface area (Å²) in [4.78, 5) is 13.2. The molecular weight excluding hydrogens is 334 g/mol. The molecule has 128 valence electrons. The van der Waals surface area contributed by atoms with Crippen molar-refractivity contribution < 1.29 is 26.4 Å². The summed E-state index contributed by atoms with van der Waals surface area (Å²) >= 11 is 0. The SMILES string of the molecule is CN(C)C(=O)CN1[C@@H]2CN(S(C)(=O)=O)C[C@@H]2OCCS1(=O)=O. The summed E-state index contributed by atoms with van der Waals surface area (Å²) in [5.41, 5.74) is 0. The molecule has 2 saturated heterocycles. The maximum Gasteiger partial charge on any atom is 0.237 e. The second-order valence-electron chi connectivity index (χ2n) is 5.71. The Balaban J connectivity index is 2.31. The Morgan fingerprint density at radius 3 is 2.50 bits per heavy atom. The first-order valence-electron chi connectivity index (χ1n) is 6.79. The summed E-state index contributed by atoms with van der Waals surface area (Å²) in [6.45, 7) is -0.208. The zero-order chi connectivity index (χ0) is 16.7. The minimum absolute atomic E-state index is 0.00341. The first-order chi connectivity index (χ1) is 10.0. The van der Waals surface area contributed by atoms with Crippen molar-refractivity contribution in [2.24, 2.45) is 0 Å². The number of carbonyl (C=O) groups is 1. The Labute approximate surface area is 130 Å². The molecule has 0 saturated carbocycles. The summed E-state index contributed by atoms with van der Waals surface area (Å²) in [6.07, 6.45) is 0.518. The lowest BCUT2D eigenvalue weighted by atomic mass is 10.2. The zero-order valence-electron chi connectivity index (χ0n) is 12.8. The van der Waals surface area contributed by atoms with Crippen molar-refractivity contribution in [3.63, 3.8) is 0 Å². The number of likely N-dealkylation sites (N-methyl/N-ethyl adjacent to an activating group) is 1. The normalized spacial score (nSPS) is 29.8. The number of hydrogen-bond donors (Lipinski definition) is 0. The van der Waals surface area contributed by atoms with Crippen LogP contribution in [0.1, 0.15) is 0 Å². The van der Waals surface area contributed by atoms with E-state index in [9.17, 15) is 21.6 Å². The molecule has 2 aliphatic heterocycles. The highest BCUT2D eigenvalue weighted by molar-refractivity contribution is 7.89. The van der Waals surface area contributed by atoms with Gasteiger partial charge in [-0.15, -0.1) is 0 Å². The molecule has 0 N–H and O–H groups in total. The van der Waals surface area contributed by atoms with Crippen LogP contribution in [-0.4, -0.2) is 101 Å². The molecule has 9 nitrogen and oxygen atoms in total. The fraction of sp³-hybridized carbons (Fsp3) is 0.909. The Morgan fingerprint density at radius 1 is 1.32 bits per heavy atom. The number of fused-ring (bicyclic) bond motifs is 1. The number of ether oxygens (including phenoxy) is 1. The van der Waals surface area contributed by atoms with Gasteiger partial charge in [-0.25, -0.2) is 16.8 Å². The van der Waals surface area contributed by atoms with Crippen molar-refractivity contribution in [1.29, 1.82) is 0 Å². The number of amides is 1. The maximum absolute atomic E-state index is 12.4. The van der Waals surface area contributed by atoms with Crippen molar-refractivity contribution in [3.8, 4) is 0 Å². The Bertz CT molecular complexity index is 645. The van der Waals surface area contributed by atoms with E-state index >= 15 is 0 Å². The van der Waals surface area contributed by atoms with Crippen LogP contribution < -0.4 is 0 Å². The highest BCUT2D eigenvalue weighted by atomic mass is 32.2. The molecule has 0 bridgehead atoms. The third kappa shape index (κ3) is 3.59. The minimum Gasteiger partial charge on any atom is -0.374 e. The van der Waals surface area contributed by atoms with E-state index in [1.807, 2.05) is 0 Å². The third-order valence-electron chi connectivity index (χ3n) is 3.86. The number of nitrogens with zero attached hydrogens (tertiary/aromatic N) is 3. The van der Waals surface area contributed by atoms with Gasteiger partial charge in [0.2, 0.25) is 26.0 Å². The summed E-state index contributed by atoms with van der Waals surface area (Å²) < 4.78 is 55.9. The van der Waals surface area contributed by atoms with Gasteiger partial charge in [0.1, 0.15) is 0 Å². The minimum atomic E-state index is -3.67. The van der Waals surface area contributed by atoms with Crippen LogP contribution in [0.3, 0.4) is 0 Å². The molecule has 0 aromatic carbocycles. The molecule has 2 heterocycles.